The Hall–Kier alpha value is -3.19. The Morgan fingerprint density at radius 1 is 1.14 bits per heavy atom. The molecule has 2 heterocycles. The van der Waals surface area contributed by atoms with Crippen LogP contribution in [-0.4, -0.2) is 31.2 Å². The molecule has 0 spiro atoms. The zero-order chi connectivity index (χ0) is 19.5. The number of hydrogen-bond acceptors (Lipinski definition) is 5. The fourth-order valence-corrected chi connectivity index (χ4v) is 3.36. The standard InChI is InChI=1S/C20H19ClN6O/c1-13(11-14-7-3-2-4-8-14)22-19-17-18(20(28)25-24-19)27(26-23-17)12-15-9-5-6-10-16(15)21/h2-10,13H,11-12H2,1H3,(H,22,24)(H,25,28)/t13-/m0/s1. The number of anilines is 1. The van der Waals surface area contributed by atoms with E-state index in [9.17, 15) is 4.79 Å². The minimum absolute atomic E-state index is 0.0951. The average Bonchev–Trinajstić information content (AvgIpc) is 3.11. The van der Waals surface area contributed by atoms with Crippen LogP contribution in [-0.2, 0) is 13.0 Å². The molecule has 0 aliphatic carbocycles. The number of H-pyrrole nitrogens is 1. The number of nitrogens with zero attached hydrogens (tertiary/aromatic N) is 4. The highest BCUT2D eigenvalue weighted by molar-refractivity contribution is 6.31. The second-order valence-corrected chi connectivity index (χ2v) is 7.08. The molecular formula is C20H19ClN6O. The van der Waals surface area contributed by atoms with Gasteiger partial charge in [0.05, 0.1) is 6.54 Å². The van der Waals surface area contributed by atoms with Crippen LogP contribution in [0.1, 0.15) is 18.1 Å². The summed E-state index contributed by atoms with van der Waals surface area (Å²) < 4.78 is 1.55. The lowest BCUT2D eigenvalue weighted by Crippen LogP contribution is -2.22. The largest absolute Gasteiger partial charge is 0.364 e. The molecule has 0 saturated heterocycles. The van der Waals surface area contributed by atoms with Crippen LogP contribution < -0.4 is 10.9 Å². The monoisotopic (exact) mass is 394 g/mol. The van der Waals surface area contributed by atoms with Crippen molar-refractivity contribution in [2.24, 2.45) is 0 Å². The predicted octanol–water partition coefficient (Wildman–Crippen LogP) is 3.26. The Kier molecular flexibility index (Phi) is 5.08. The lowest BCUT2D eigenvalue weighted by molar-refractivity contribution is 0.667. The van der Waals surface area contributed by atoms with E-state index in [0.717, 1.165) is 12.0 Å². The number of benzene rings is 2. The van der Waals surface area contributed by atoms with E-state index in [0.29, 0.717) is 28.4 Å². The van der Waals surface area contributed by atoms with Crippen molar-refractivity contribution in [3.8, 4) is 0 Å². The highest BCUT2D eigenvalue weighted by atomic mass is 35.5. The summed E-state index contributed by atoms with van der Waals surface area (Å²) in [4.78, 5) is 12.4. The van der Waals surface area contributed by atoms with Gasteiger partial charge in [0.25, 0.3) is 5.56 Å². The van der Waals surface area contributed by atoms with Gasteiger partial charge >= 0.3 is 0 Å². The molecule has 2 aromatic heterocycles. The van der Waals surface area contributed by atoms with Gasteiger partial charge in [0.1, 0.15) is 0 Å². The quantitative estimate of drug-likeness (QED) is 0.524. The van der Waals surface area contributed by atoms with E-state index >= 15 is 0 Å². The third kappa shape index (κ3) is 3.75. The summed E-state index contributed by atoms with van der Waals surface area (Å²) in [6.45, 7) is 2.40. The fourth-order valence-electron chi connectivity index (χ4n) is 3.16. The first-order chi connectivity index (χ1) is 13.6. The summed E-state index contributed by atoms with van der Waals surface area (Å²) in [5.41, 5.74) is 2.54. The molecule has 2 aromatic carbocycles. The van der Waals surface area contributed by atoms with Crippen LogP contribution in [0.5, 0.6) is 0 Å². The lowest BCUT2D eigenvalue weighted by atomic mass is 10.1. The SMILES string of the molecule is C[C@@H](Cc1ccccc1)Nc1n[nH]c(=O)c2c1nnn2Cc1ccccc1Cl. The molecular weight excluding hydrogens is 376 g/mol. The van der Waals surface area contributed by atoms with Crippen molar-refractivity contribution in [1.29, 1.82) is 0 Å². The summed E-state index contributed by atoms with van der Waals surface area (Å²) in [6, 6.07) is 17.7. The summed E-state index contributed by atoms with van der Waals surface area (Å²) in [5, 5.41) is 19.0. The highest BCUT2D eigenvalue weighted by Gasteiger charge is 2.17. The first-order valence-electron chi connectivity index (χ1n) is 8.97. The number of rotatable bonds is 6. The molecule has 0 saturated carbocycles. The predicted molar refractivity (Wildman–Crippen MR) is 110 cm³/mol. The van der Waals surface area contributed by atoms with Gasteiger partial charge in [-0.2, -0.15) is 5.10 Å². The van der Waals surface area contributed by atoms with E-state index < -0.39 is 0 Å². The van der Waals surface area contributed by atoms with Gasteiger partial charge in [-0.1, -0.05) is 65.3 Å². The smallest absolute Gasteiger partial charge is 0.292 e. The van der Waals surface area contributed by atoms with E-state index in [1.807, 2.05) is 36.4 Å². The van der Waals surface area contributed by atoms with Gasteiger partial charge in [0.2, 0.25) is 0 Å². The number of aromatic amines is 1. The molecule has 4 rings (SSSR count). The average molecular weight is 395 g/mol. The first-order valence-corrected chi connectivity index (χ1v) is 9.35. The molecule has 0 fully saturated rings. The maximum absolute atomic E-state index is 12.4. The Bertz CT molecular complexity index is 1150. The molecule has 0 bridgehead atoms. The van der Waals surface area contributed by atoms with Crippen molar-refractivity contribution < 1.29 is 0 Å². The van der Waals surface area contributed by atoms with Gasteiger partial charge in [-0.15, -0.1) is 5.10 Å². The van der Waals surface area contributed by atoms with E-state index in [2.05, 4.69) is 44.9 Å². The van der Waals surface area contributed by atoms with Gasteiger partial charge < -0.3 is 5.32 Å². The number of hydrogen-bond donors (Lipinski definition) is 2. The van der Waals surface area contributed by atoms with Gasteiger partial charge in [0.15, 0.2) is 16.9 Å². The Labute approximate surface area is 166 Å². The topological polar surface area (TPSA) is 88.5 Å². The number of aromatic nitrogens is 5. The summed E-state index contributed by atoms with van der Waals surface area (Å²) in [7, 11) is 0. The first kappa shape index (κ1) is 18.2. The summed E-state index contributed by atoms with van der Waals surface area (Å²) >= 11 is 6.24. The van der Waals surface area contributed by atoms with Gasteiger partial charge in [0, 0.05) is 11.1 Å². The molecule has 4 aromatic rings. The van der Waals surface area contributed by atoms with E-state index in [4.69, 9.17) is 11.6 Å². The molecule has 142 valence electrons. The molecule has 0 aliphatic rings. The normalized spacial score (nSPS) is 12.2. The molecule has 0 amide bonds. The number of nitrogens with one attached hydrogen (secondary N) is 2. The van der Waals surface area contributed by atoms with Gasteiger partial charge in [-0.05, 0) is 30.5 Å². The van der Waals surface area contributed by atoms with E-state index in [1.165, 1.54) is 5.56 Å². The van der Waals surface area contributed by atoms with Crippen molar-refractivity contribution in [2.75, 3.05) is 5.32 Å². The highest BCUT2D eigenvalue weighted by Crippen LogP contribution is 2.20. The molecule has 8 heteroatoms. The minimum Gasteiger partial charge on any atom is -0.364 e. The number of fused-ring (bicyclic) bond motifs is 1. The van der Waals surface area contributed by atoms with Crippen LogP contribution in [0, 0.1) is 0 Å². The van der Waals surface area contributed by atoms with E-state index in [-0.39, 0.29) is 11.6 Å². The molecule has 0 unspecified atom stereocenters. The Morgan fingerprint density at radius 3 is 2.68 bits per heavy atom. The van der Waals surface area contributed by atoms with Gasteiger partial charge in [-0.3, -0.25) is 4.79 Å². The summed E-state index contributed by atoms with van der Waals surface area (Å²) in [5.74, 6) is 0.503. The lowest BCUT2D eigenvalue weighted by Gasteiger charge is -2.14. The molecule has 2 N–H and O–H groups in total. The van der Waals surface area contributed by atoms with Crippen LogP contribution in [0.3, 0.4) is 0 Å². The van der Waals surface area contributed by atoms with Crippen molar-refractivity contribution >= 4 is 28.5 Å². The van der Waals surface area contributed by atoms with Crippen LogP contribution >= 0.6 is 11.6 Å². The van der Waals surface area contributed by atoms with Crippen LogP contribution in [0.4, 0.5) is 5.82 Å². The third-order valence-corrected chi connectivity index (χ3v) is 4.86. The van der Waals surface area contributed by atoms with Crippen molar-refractivity contribution in [3.05, 3.63) is 81.1 Å². The van der Waals surface area contributed by atoms with Crippen LogP contribution in [0.2, 0.25) is 5.02 Å². The Balaban J connectivity index is 1.62. The molecule has 0 radical (unpaired) electrons. The molecule has 7 nitrogen and oxygen atoms in total. The second kappa shape index (κ2) is 7.82. The fraction of sp³-hybridized carbons (Fsp3) is 0.200. The van der Waals surface area contributed by atoms with Crippen LogP contribution in [0.15, 0.2) is 59.4 Å². The molecule has 0 aliphatic heterocycles. The van der Waals surface area contributed by atoms with Crippen LogP contribution in [0.25, 0.3) is 11.0 Å². The number of halogens is 1. The molecule has 28 heavy (non-hydrogen) atoms. The second-order valence-electron chi connectivity index (χ2n) is 6.67. The molecule has 1 atom stereocenters. The maximum atomic E-state index is 12.4. The minimum atomic E-state index is -0.340. The maximum Gasteiger partial charge on any atom is 0.292 e. The van der Waals surface area contributed by atoms with Crippen molar-refractivity contribution in [3.63, 3.8) is 0 Å². The zero-order valence-corrected chi connectivity index (χ0v) is 16.0. The van der Waals surface area contributed by atoms with E-state index in [1.54, 1.807) is 10.7 Å². The summed E-state index contributed by atoms with van der Waals surface area (Å²) in [6.07, 6.45) is 0.816. The third-order valence-electron chi connectivity index (χ3n) is 4.49. The van der Waals surface area contributed by atoms with Gasteiger partial charge in [-0.25, -0.2) is 9.78 Å². The van der Waals surface area contributed by atoms with Crippen molar-refractivity contribution in [1.82, 2.24) is 25.2 Å². The Morgan fingerprint density at radius 2 is 1.89 bits per heavy atom. The van der Waals surface area contributed by atoms with Crippen molar-refractivity contribution in [2.45, 2.75) is 25.9 Å². The zero-order valence-electron chi connectivity index (χ0n) is 15.3.